The van der Waals surface area contributed by atoms with Crippen molar-refractivity contribution in [3.63, 3.8) is 0 Å². The number of unbranched alkanes of at least 4 members (excludes halogenated alkanes) is 2. The summed E-state index contributed by atoms with van der Waals surface area (Å²) < 4.78 is 5.28. The summed E-state index contributed by atoms with van der Waals surface area (Å²) in [4.78, 5) is 53.0. The number of primary amides is 1. The molecule has 0 spiro atoms. The zero-order valence-corrected chi connectivity index (χ0v) is 22.1. The number of amides is 4. The van der Waals surface area contributed by atoms with Crippen LogP contribution in [0.3, 0.4) is 0 Å². The second kappa shape index (κ2) is 13.1. The molecule has 0 saturated carbocycles. The maximum Gasteiger partial charge on any atom is 0.408 e. The first-order valence-corrected chi connectivity index (χ1v) is 12.1. The molecule has 1 aromatic carbocycles. The van der Waals surface area contributed by atoms with Crippen molar-refractivity contribution >= 4 is 23.8 Å². The summed E-state index contributed by atoms with van der Waals surface area (Å²) in [6.45, 7) is 13.0. The lowest BCUT2D eigenvalue weighted by atomic mass is 9.95. The summed E-state index contributed by atoms with van der Waals surface area (Å²) in [5.41, 5.74) is 4.36. The van der Waals surface area contributed by atoms with Crippen LogP contribution in [-0.2, 0) is 19.1 Å². The second-order valence-electron chi connectivity index (χ2n) is 10.6. The molecule has 0 aliphatic heterocycles. The fraction of sp³-hybridized carbons (Fsp3) is 0.615. The molecule has 0 heterocycles. The number of rotatable bonds is 11. The maximum absolute atomic E-state index is 13.9. The summed E-state index contributed by atoms with van der Waals surface area (Å²) in [6, 6.07) is 6.65. The van der Waals surface area contributed by atoms with E-state index in [-0.39, 0.29) is 5.91 Å². The molecule has 4 N–H and O–H groups in total. The molecule has 0 aliphatic carbocycles. The van der Waals surface area contributed by atoms with Gasteiger partial charge in [-0.2, -0.15) is 0 Å². The van der Waals surface area contributed by atoms with Crippen molar-refractivity contribution in [1.29, 1.82) is 0 Å². The Morgan fingerprint density at radius 1 is 1.00 bits per heavy atom. The molecule has 1 aromatic rings. The van der Waals surface area contributed by atoms with Gasteiger partial charge >= 0.3 is 6.09 Å². The van der Waals surface area contributed by atoms with E-state index in [0.29, 0.717) is 12.1 Å². The van der Waals surface area contributed by atoms with Crippen LogP contribution in [0.4, 0.5) is 4.79 Å². The molecule has 0 radical (unpaired) electrons. The number of carbonyl (C=O) groups is 4. The van der Waals surface area contributed by atoms with Gasteiger partial charge in [0.2, 0.25) is 17.7 Å². The summed E-state index contributed by atoms with van der Waals surface area (Å²) in [5, 5.41) is 5.42. The highest BCUT2D eigenvalue weighted by Gasteiger charge is 2.42. The van der Waals surface area contributed by atoms with Crippen molar-refractivity contribution < 1.29 is 23.9 Å². The van der Waals surface area contributed by atoms with Gasteiger partial charge in [-0.1, -0.05) is 50.1 Å². The summed E-state index contributed by atoms with van der Waals surface area (Å²) >= 11 is 0. The highest BCUT2D eigenvalue weighted by Crippen LogP contribution is 2.30. The molecular weight excluding hydrogens is 448 g/mol. The minimum absolute atomic E-state index is 0.342. The van der Waals surface area contributed by atoms with Crippen molar-refractivity contribution in [1.82, 2.24) is 15.5 Å². The van der Waals surface area contributed by atoms with E-state index in [9.17, 15) is 19.2 Å². The molecule has 4 amide bonds. The summed E-state index contributed by atoms with van der Waals surface area (Å²) in [5.74, 6) is -1.72. The van der Waals surface area contributed by atoms with Gasteiger partial charge in [-0.3, -0.25) is 14.4 Å². The van der Waals surface area contributed by atoms with Crippen molar-refractivity contribution in [2.75, 3.05) is 6.54 Å². The van der Waals surface area contributed by atoms with Crippen molar-refractivity contribution in [3.8, 4) is 0 Å². The lowest BCUT2D eigenvalue weighted by Gasteiger charge is -2.43. The number of benzene rings is 1. The Bertz CT molecular complexity index is 859. The van der Waals surface area contributed by atoms with E-state index in [4.69, 9.17) is 10.5 Å². The van der Waals surface area contributed by atoms with Gasteiger partial charge in [-0.05, 0) is 53.5 Å². The first-order valence-electron chi connectivity index (χ1n) is 12.1. The zero-order chi connectivity index (χ0) is 26.8. The number of nitrogens with zero attached hydrogens (tertiary/aromatic N) is 1. The number of hydrogen-bond donors (Lipinski definition) is 3. The van der Waals surface area contributed by atoms with E-state index >= 15 is 0 Å². The number of nitrogens with one attached hydrogen (secondary N) is 2. The quantitative estimate of drug-likeness (QED) is 0.409. The van der Waals surface area contributed by atoms with E-state index in [2.05, 4.69) is 17.6 Å². The molecule has 9 heteroatoms. The van der Waals surface area contributed by atoms with E-state index in [1.807, 2.05) is 6.07 Å². The fourth-order valence-corrected chi connectivity index (χ4v) is 3.60. The number of carbonyl (C=O) groups excluding carboxylic acids is 4. The molecule has 2 atom stereocenters. The molecule has 35 heavy (non-hydrogen) atoms. The highest BCUT2D eigenvalue weighted by molar-refractivity contribution is 5.95. The fourth-order valence-electron chi connectivity index (χ4n) is 3.60. The number of ether oxygens (including phenoxy) is 1. The third kappa shape index (κ3) is 10.4. The Morgan fingerprint density at radius 2 is 1.60 bits per heavy atom. The standard InChI is InChI=1S/C26H42N4O5/c1-8-9-13-16-28-22(32)21(18-14-11-10-12-15-18)30(25(2,3)4)23(33)19(17-20(27)31)29-24(34)35-26(5,6)7/h10-12,14-15,19,21H,8-9,13,16-17H2,1-7H3,(H2,27,31)(H,28,32)(H,29,34). The molecule has 0 aliphatic rings. The highest BCUT2D eigenvalue weighted by atomic mass is 16.6. The Labute approximate surface area is 209 Å². The average molecular weight is 491 g/mol. The first-order chi connectivity index (χ1) is 16.2. The molecule has 196 valence electrons. The van der Waals surface area contributed by atoms with Gasteiger partial charge in [0.05, 0.1) is 6.42 Å². The third-order valence-electron chi connectivity index (χ3n) is 5.06. The third-order valence-corrected chi connectivity index (χ3v) is 5.06. The van der Waals surface area contributed by atoms with Gasteiger partial charge in [0.1, 0.15) is 17.7 Å². The lowest BCUT2D eigenvalue weighted by molar-refractivity contribution is -0.149. The van der Waals surface area contributed by atoms with Crippen LogP contribution in [0, 0.1) is 0 Å². The normalized spacial score (nSPS) is 13.3. The minimum atomic E-state index is -1.30. The molecule has 0 aromatic heterocycles. The van der Waals surface area contributed by atoms with Crippen LogP contribution in [0.2, 0.25) is 0 Å². The smallest absolute Gasteiger partial charge is 0.408 e. The number of alkyl carbamates (subject to hydrolysis) is 1. The zero-order valence-electron chi connectivity index (χ0n) is 22.1. The van der Waals surface area contributed by atoms with Gasteiger partial charge in [0.25, 0.3) is 0 Å². The van der Waals surface area contributed by atoms with Gasteiger partial charge in [0, 0.05) is 12.1 Å². The van der Waals surface area contributed by atoms with Crippen LogP contribution < -0.4 is 16.4 Å². The van der Waals surface area contributed by atoms with Crippen LogP contribution in [0.1, 0.15) is 85.8 Å². The van der Waals surface area contributed by atoms with E-state index in [1.54, 1.807) is 65.8 Å². The summed E-state index contributed by atoms with van der Waals surface area (Å²) in [6.07, 6.45) is 1.50. The van der Waals surface area contributed by atoms with Crippen LogP contribution in [0.25, 0.3) is 0 Å². The van der Waals surface area contributed by atoms with Crippen LogP contribution >= 0.6 is 0 Å². The van der Waals surface area contributed by atoms with E-state index in [1.165, 1.54) is 4.90 Å². The molecule has 0 fully saturated rings. The average Bonchev–Trinajstić information content (AvgIpc) is 2.72. The van der Waals surface area contributed by atoms with E-state index < -0.39 is 47.6 Å². The monoisotopic (exact) mass is 490 g/mol. The van der Waals surface area contributed by atoms with Crippen LogP contribution in [0.5, 0.6) is 0 Å². The molecule has 1 rings (SSSR count). The Kier molecular flexibility index (Phi) is 11.2. The van der Waals surface area contributed by atoms with Gasteiger partial charge < -0.3 is 26.0 Å². The van der Waals surface area contributed by atoms with Crippen molar-refractivity contribution in [3.05, 3.63) is 35.9 Å². The molecule has 0 saturated heterocycles. The number of nitrogens with two attached hydrogens (primary N) is 1. The Morgan fingerprint density at radius 3 is 2.09 bits per heavy atom. The Balaban J connectivity index is 3.42. The molecule has 2 unspecified atom stereocenters. The van der Waals surface area contributed by atoms with Crippen LogP contribution in [-0.4, -0.2) is 52.4 Å². The minimum Gasteiger partial charge on any atom is -0.444 e. The predicted molar refractivity (Wildman–Crippen MR) is 135 cm³/mol. The maximum atomic E-state index is 13.9. The van der Waals surface area contributed by atoms with Gasteiger partial charge in [-0.15, -0.1) is 0 Å². The predicted octanol–water partition coefficient (Wildman–Crippen LogP) is 3.43. The summed E-state index contributed by atoms with van der Waals surface area (Å²) in [7, 11) is 0. The first kappa shape index (κ1) is 29.9. The lowest BCUT2D eigenvalue weighted by Crippen LogP contribution is -2.59. The largest absolute Gasteiger partial charge is 0.444 e. The van der Waals surface area contributed by atoms with Gasteiger partial charge in [-0.25, -0.2) is 4.79 Å². The van der Waals surface area contributed by atoms with E-state index in [0.717, 1.165) is 19.3 Å². The van der Waals surface area contributed by atoms with Gasteiger partial charge in [0.15, 0.2) is 0 Å². The Hall–Kier alpha value is -3.10. The SMILES string of the molecule is CCCCCNC(=O)C(c1ccccc1)N(C(=O)C(CC(N)=O)NC(=O)OC(C)(C)C)C(C)(C)C. The molecular formula is C26H42N4O5. The number of hydrogen-bond acceptors (Lipinski definition) is 5. The van der Waals surface area contributed by atoms with Crippen molar-refractivity contribution in [2.24, 2.45) is 5.73 Å². The topological polar surface area (TPSA) is 131 Å². The molecule has 9 nitrogen and oxygen atoms in total. The van der Waals surface area contributed by atoms with Crippen molar-refractivity contribution in [2.45, 2.75) is 97.4 Å². The molecule has 0 bridgehead atoms. The van der Waals surface area contributed by atoms with Crippen LogP contribution in [0.15, 0.2) is 30.3 Å². The second-order valence-corrected chi connectivity index (χ2v) is 10.6.